The van der Waals surface area contributed by atoms with Gasteiger partial charge in [0.25, 0.3) is 0 Å². The van der Waals surface area contributed by atoms with E-state index in [4.69, 9.17) is 16.6 Å². The summed E-state index contributed by atoms with van der Waals surface area (Å²) < 4.78 is 2.05. The highest BCUT2D eigenvalue weighted by molar-refractivity contribution is 7.07. The van der Waals surface area contributed by atoms with E-state index in [9.17, 15) is 4.79 Å². The third-order valence-electron chi connectivity index (χ3n) is 4.88. The summed E-state index contributed by atoms with van der Waals surface area (Å²) in [6.07, 6.45) is 7.88. The number of anilines is 1. The minimum atomic E-state index is -0.0647. The first-order chi connectivity index (χ1) is 12.5. The maximum Gasteiger partial charge on any atom is 0.230 e. The van der Waals surface area contributed by atoms with Crippen LogP contribution in [0.25, 0.3) is 0 Å². The van der Waals surface area contributed by atoms with Gasteiger partial charge in [-0.25, -0.2) is 0 Å². The summed E-state index contributed by atoms with van der Waals surface area (Å²) in [5.74, 6) is -0.0647. The number of carbonyl (C=O) groups excluding carboxylic acids is 1. The number of halogens is 2. The van der Waals surface area contributed by atoms with Crippen molar-refractivity contribution in [2.24, 2.45) is 12.0 Å². The molecule has 1 aliphatic rings. The summed E-state index contributed by atoms with van der Waals surface area (Å²) in [6.45, 7) is 1.97. The first-order valence-corrected chi connectivity index (χ1v) is 10.5. The molecule has 0 unspecified atom stereocenters. The second-order valence-electron chi connectivity index (χ2n) is 7.05. The summed E-state index contributed by atoms with van der Waals surface area (Å²) in [5, 5.41) is 5.50. The van der Waals surface area contributed by atoms with Gasteiger partial charge in [0, 0.05) is 18.1 Å². The number of amides is 1. The van der Waals surface area contributed by atoms with Crippen LogP contribution in [0.1, 0.15) is 49.8 Å². The van der Waals surface area contributed by atoms with Crippen molar-refractivity contribution in [2.45, 2.75) is 57.9 Å². The van der Waals surface area contributed by atoms with Crippen molar-refractivity contribution in [3.8, 4) is 0 Å². The van der Waals surface area contributed by atoms with E-state index < -0.39 is 0 Å². The van der Waals surface area contributed by atoms with Crippen LogP contribution in [0.3, 0.4) is 0 Å². The van der Waals surface area contributed by atoms with Crippen LogP contribution in [-0.2, 0) is 18.3 Å². The van der Waals surface area contributed by atoms with Gasteiger partial charge in [0.05, 0.1) is 23.2 Å². The van der Waals surface area contributed by atoms with E-state index in [0.29, 0.717) is 23.2 Å². The number of hydrogen-bond donors (Lipinski definition) is 1. The molecule has 1 fully saturated rings. The third kappa shape index (κ3) is 6.09. The van der Waals surface area contributed by atoms with Crippen LogP contribution in [0, 0.1) is 6.92 Å². The Morgan fingerprint density at radius 1 is 1.30 bits per heavy atom. The second-order valence-corrected chi connectivity index (χ2v) is 8.30. The van der Waals surface area contributed by atoms with E-state index in [1.165, 1.54) is 38.5 Å². The molecule has 1 amide bonds. The molecule has 7 heteroatoms. The Labute approximate surface area is 176 Å². The number of nitrogens with one attached hydrogen (secondary N) is 1. The zero-order chi connectivity index (χ0) is 18.5. The Hall–Kier alpha value is -1.30. The van der Waals surface area contributed by atoms with Crippen LogP contribution in [0.15, 0.2) is 28.6 Å². The first kappa shape index (κ1) is 22.0. The Kier molecular flexibility index (Phi) is 8.39. The molecule has 1 aromatic carbocycles. The average Bonchev–Trinajstić information content (AvgIpc) is 2.80. The van der Waals surface area contributed by atoms with E-state index in [0.717, 1.165) is 16.1 Å². The number of nitrogens with zero attached hydrogens (tertiary/aromatic N) is 2. The Balaban J connectivity index is 0.00000261. The van der Waals surface area contributed by atoms with E-state index in [2.05, 4.69) is 5.32 Å². The molecule has 4 nitrogen and oxygen atoms in total. The van der Waals surface area contributed by atoms with Crippen LogP contribution in [0.2, 0.25) is 5.02 Å². The van der Waals surface area contributed by atoms with Crippen LogP contribution < -0.4 is 10.1 Å². The molecule has 148 valence electrons. The van der Waals surface area contributed by atoms with Gasteiger partial charge >= 0.3 is 0 Å². The molecule has 27 heavy (non-hydrogen) atoms. The lowest BCUT2D eigenvalue weighted by atomic mass is 10.1. The minimum Gasteiger partial charge on any atom is -0.324 e. The largest absolute Gasteiger partial charge is 0.324 e. The van der Waals surface area contributed by atoms with Gasteiger partial charge in [0.1, 0.15) is 0 Å². The van der Waals surface area contributed by atoms with Crippen LogP contribution in [0.5, 0.6) is 0 Å². The second kappa shape index (κ2) is 10.3. The first-order valence-electron chi connectivity index (χ1n) is 9.26. The summed E-state index contributed by atoms with van der Waals surface area (Å²) in [5.41, 5.74) is 2.70. The minimum absolute atomic E-state index is 0. The number of aryl methyl sites for hydroxylation is 1. The summed E-state index contributed by atoms with van der Waals surface area (Å²) in [6, 6.07) is 6.06. The molecule has 0 saturated heterocycles. The van der Waals surface area contributed by atoms with Crippen molar-refractivity contribution < 1.29 is 4.79 Å². The maximum absolute atomic E-state index is 12.4. The van der Waals surface area contributed by atoms with Crippen LogP contribution >= 0.6 is 35.3 Å². The molecule has 0 atom stereocenters. The van der Waals surface area contributed by atoms with Gasteiger partial charge in [0.2, 0.25) is 5.91 Å². The molecular formula is C20H27Cl2N3OS. The summed E-state index contributed by atoms with van der Waals surface area (Å²) in [4.78, 5) is 18.4. The molecule has 1 aromatic heterocycles. The molecule has 0 spiro atoms. The van der Waals surface area contributed by atoms with Crippen LogP contribution in [-0.4, -0.2) is 16.5 Å². The molecule has 1 heterocycles. The van der Waals surface area contributed by atoms with E-state index in [-0.39, 0.29) is 18.3 Å². The lowest BCUT2D eigenvalue weighted by Gasteiger charge is -2.09. The Morgan fingerprint density at radius 2 is 2.00 bits per heavy atom. The highest BCUT2D eigenvalue weighted by Crippen LogP contribution is 2.23. The predicted molar refractivity (Wildman–Crippen MR) is 116 cm³/mol. The smallest absolute Gasteiger partial charge is 0.230 e. The lowest BCUT2D eigenvalue weighted by Crippen LogP contribution is -2.21. The SMILES string of the molecule is Cc1ccc(NC(=O)Cc2csc(=NC3CCCCCC3)n2C)c(Cl)c1.Cl. The normalized spacial score (nSPS) is 15.9. The maximum atomic E-state index is 12.4. The van der Waals surface area contributed by atoms with Crippen molar-refractivity contribution in [3.05, 3.63) is 44.7 Å². The van der Waals surface area contributed by atoms with Crippen LogP contribution in [0.4, 0.5) is 5.69 Å². The van der Waals surface area contributed by atoms with Gasteiger partial charge in [-0.2, -0.15) is 0 Å². The average molecular weight is 428 g/mol. The highest BCUT2D eigenvalue weighted by atomic mass is 35.5. The van der Waals surface area contributed by atoms with E-state index in [1.807, 2.05) is 42.1 Å². The fourth-order valence-electron chi connectivity index (χ4n) is 3.30. The molecule has 0 radical (unpaired) electrons. The van der Waals surface area contributed by atoms with Gasteiger partial charge in [-0.15, -0.1) is 23.7 Å². The highest BCUT2D eigenvalue weighted by Gasteiger charge is 2.13. The van der Waals surface area contributed by atoms with Crippen molar-refractivity contribution in [3.63, 3.8) is 0 Å². The van der Waals surface area contributed by atoms with Crippen molar-refractivity contribution >= 4 is 46.9 Å². The van der Waals surface area contributed by atoms with Gasteiger partial charge in [-0.1, -0.05) is 43.4 Å². The third-order valence-corrected chi connectivity index (χ3v) is 6.17. The predicted octanol–water partition coefficient (Wildman–Crippen LogP) is 5.27. The lowest BCUT2D eigenvalue weighted by molar-refractivity contribution is -0.115. The molecule has 1 aliphatic carbocycles. The van der Waals surface area contributed by atoms with E-state index in [1.54, 1.807) is 11.3 Å². The van der Waals surface area contributed by atoms with Gasteiger partial charge in [-0.05, 0) is 37.5 Å². The number of hydrogen-bond acceptors (Lipinski definition) is 3. The Bertz CT molecular complexity index is 836. The van der Waals surface area contributed by atoms with Crippen molar-refractivity contribution in [2.75, 3.05) is 5.32 Å². The number of rotatable bonds is 4. The fourth-order valence-corrected chi connectivity index (χ4v) is 4.55. The Morgan fingerprint density at radius 3 is 2.67 bits per heavy atom. The topological polar surface area (TPSA) is 46.4 Å². The van der Waals surface area contributed by atoms with Crippen molar-refractivity contribution in [1.29, 1.82) is 0 Å². The number of aromatic nitrogens is 1. The number of thiazole rings is 1. The quantitative estimate of drug-likeness (QED) is 0.663. The summed E-state index contributed by atoms with van der Waals surface area (Å²) >= 11 is 7.82. The molecule has 0 aliphatic heterocycles. The standard InChI is InChI=1S/C20H26ClN3OS.ClH/c1-14-9-10-18(17(21)11-14)23-19(25)12-16-13-26-20(24(16)2)22-15-7-5-3-4-6-8-15;/h9-11,13,15H,3-8,12H2,1-2H3,(H,23,25);1H. The molecule has 2 aromatic rings. The zero-order valence-electron chi connectivity index (χ0n) is 15.8. The summed E-state index contributed by atoms with van der Waals surface area (Å²) in [7, 11) is 1.99. The monoisotopic (exact) mass is 427 g/mol. The molecule has 3 rings (SSSR count). The molecule has 1 N–H and O–H groups in total. The van der Waals surface area contributed by atoms with E-state index >= 15 is 0 Å². The van der Waals surface area contributed by atoms with Crippen molar-refractivity contribution in [1.82, 2.24) is 4.57 Å². The number of benzene rings is 1. The molecular weight excluding hydrogens is 401 g/mol. The van der Waals surface area contributed by atoms with Gasteiger partial charge < -0.3 is 9.88 Å². The number of carbonyl (C=O) groups is 1. The molecule has 1 saturated carbocycles. The van der Waals surface area contributed by atoms with Gasteiger partial charge in [0.15, 0.2) is 4.80 Å². The van der Waals surface area contributed by atoms with Gasteiger partial charge in [-0.3, -0.25) is 9.79 Å². The zero-order valence-corrected chi connectivity index (χ0v) is 18.2. The fraction of sp³-hybridized carbons (Fsp3) is 0.500. The molecule has 0 bridgehead atoms.